The molecule has 4 rings (SSSR count). The number of carbonyl (C=O) groups is 1. The van der Waals surface area contributed by atoms with Crippen LogP contribution < -0.4 is 0 Å². The van der Waals surface area contributed by atoms with Gasteiger partial charge in [0.15, 0.2) is 5.78 Å². The van der Waals surface area contributed by atoms with Crippen molar-refractivity contribution in [2.24, 2.45) is 0 Å². The summed E-state index contributed by atoms with van der Waals surface area (Å²) in [5.74, 6) is -46.7. The van der Waals surface area contributed by atoms with E-state index in [1.807, 2.05) is 13.8 Å². The van der Waals surface area contributed by atoms with Crippen LogP contribution in [-0.2, 0) is 24.9 Å². The van der Waals surface area contributed by atoms with Gasteiger partial charge in [-0.1, -0.05) is 13.8 Å². The van der Waals surface area contributed by atoms with E-state index in [1.165, 1.54) is 53.7 Å². The summed E-state index contributed by atoms with van der Waals surface area (Å²) < 4.78 is 210. The first-order valence-corrected chi connectivity index (χ1v) is 16.6. The molecule has 0 saturated carbocycles. The van der Waals surface area contributed by atoms with E-state index in [4.69, 9.17) is 15.0 Å². The van der Waals surface area contributed by atoms with Crippen LogP contribution >= 0.6 is 22.7 Å². The first kappa shape index (κ1) is 55.8. The van der Waals surface area contributed by atoms with Crippen molar-refractivity contribution < 1.29 is 110 Å². The molecule has 0 aromatic carbocycles. The number of rotatable bonds is 4. The first-order valence-electron chi connectivity index (χ1n) is 15.0. The van der Waals surface area contributed by atoms with Gasteiger partial charge in [0.05, 0.1) is 30.1 Å². The zero-order valence-electron chi connectivity index (χ0n) is 30.2. The Kier molecular flexibility index (Phi) is 19.2. The number of nitrogens with zero attached hydrogens (tertiary/aromatic N) is 2. The number of aliphatic hydroxyl groups is 2. The first-order chi connectivity index (χ1) is 24.9. The Balaban J connectivity index is 0. The number of alkyl halides is 16. The summed E-state index contributed by atoms with van der Waals surface area (Å²) in [6.45, 7) is 12.6. The zero-order chi connectivity index (χ0) is 44.8. The van der Waals surface area contributed by atoms with E-state index < -0.39 is 74.6 Å². The van der Waals surface area contributed by atoms with E-state index >= 15 is 0 Å². The molecule has 0 amide bonds. The summed E-state index contributed by atoms with van der Waals surface area (Å²) in [4.78, 5) is 25.5. The largest absolute Gasteiger partial charge is 0.512 e. The average molecular weight is 1070 g/mol. The fourth-order valence-electron chi connectivity index (χ4n) is 3.73. The monoisotopic (exact) mass is 1070 g/mol. The van der Waals surface area contributed by atoms with Crippen LogP contribution in [0.1, 0.15) is 61.3 Å². The second-order valence-electron chi connectivity index (χ2n) is 11.1. The smallest absolute Gasteiger partial charge is 0.383 e. The van der Waals surface area contributed by atoms with E-state index in [0.717, 1.165) is 12.4 Å². The zero-order valence-corrected chi connectivity index (χ0v) is 34.3. The minimum atomic E-state index is -6.26. The predicted molar refractivity (Wildman–Crippen MR) is 175 cm³/mol. The van der Waals surface area contributed by atoms with Crippen molar-refractivity contribution in [1.82, 2.24) is 9.97 Å². The quantitative estimate of drug-likeness (QED) is 0.104. The normalized spacial score (nSPS) is 21.3. The Morgan fingerprint density at radius 2 is 1.05 bits per heavy atom. The van der Waals surface area contributed by atoms with E-state index in [-0.39, 0.29) is 52.9 Å². The van der Waals surface area contributed by atoms with Gasteiger partial charge in [-0.15, -0.1) is 16.9 Å². The number of carbonyl (C=O) groups excluding carboxylic acids is 2. The van der Waals surface area contributed by atoms with Gasteiger partial charge in [0.1, 0.15) is 5.01 Å². The molecule has 6 nitrogen and oxygen atoms in total. The number of thiazole rings is 2. The number of hydrogen-bond donors (Lipinski definition) is 2. The Labute approximate surface area is 335 Å². The molecule has 25 heteroatoms. The molecule has 0 fully saturated rings. The molecule has 2 aromatic heterocycles. The third kappa shape index (κ3) is 11.9. The summed E-state index contributed by atoms with van der Waals surface area (Å²) in [6.07, 6.45) is 4.08. The summed E-state index contributed by atoms with van der Waals surface area (Å²) in [5.41, 5.74) is -3.91. The van der Waals surface area contributed by atoms with Crippen molar-refractivity contribution in [2.45, 2.75) is 103 Å². The van der Waals surface area contributed by atoms with Crippen LogP contribution in [0.2, 0.25) is 0 Å². The molecule has 0 aliphatic heterocycles. The molecular weight excluding hydrogens is 1040 g/mol. The number of allylic oxidation sites excluding steroid dienone is 8. The summed E-state index contributed by atoms with van der Waals surface area (Å²) in [6, 6.07) is 0. The Morgan fingerprint density at radius 3 is 1.35 bits per heavy atom. The Hall–Kier alpha value is -3.31. The molecule has 0 saturated heterocycles. The molecule has 2 aromatic rings. The van der Waals surface area contributed by atoms with Crippen molar-refractivity contribution in [1.29, 1.82) is 0 Å². The van der Waals surface area contributed by atoms with Crippen molar-refractivity contribution in [3.63, 3.8) is 0 Å². The van der Waals surface area contributed by atoms with Crippen LogP contribution in [0.15, 0.2) is 42.1 Å². The topological polar surface area (TPSA) is 105 Å². The summed E-state index contributed by atoms with van der Waals surface area (Å²) in [5, 5.41) is 15.0. The number of halogens is 16. The molecule has 0 unspecified atom stereocenters. The number of aromatic nitrogens is 2. The maximum atomic E-state index is 13.5. The second kappa shape index (κ2) is 19.6. The fraction of sp³-hybridized carbons (Fsp3) is 0.500. The Morgan fingerprint density at radius 1 is 0.667 bits per heavy atom. The molecule has 2 aliphatic rings. The van der Waals surface area contributed by atoms with Gasteiger partial charge in [0, 0.05) is 54.4 Å². The SMILES string of the molecule is CC.CC(=O)/C=C(/C)O.CC(=[OH+])C=C(C)O.Cc1cnc(C2=CC(F)(F)C(F)(F)C(F)(F)C2(F)F)s1.Cc1cnc(C2=[C-]C(F)(F)C(F)(F)C(F)(F)C2(F)F)s1.[Ir]. The third-order valence-corrected chi connectivity index (χ3v) is 8.04. The predicted octanol–water partition coefficient (Wildman–Crippen LogP) is 11.7. The van der Waals surface area contributed by atoms with Crippen molar-refractivity contribution in [2.75, 3.05) is 0 Å². The van der Waals surface area contributed by atoms with E-state index in [2.05, 4.69) is 9.97 Å². The number of aliphatic hydroxyl groups excluding tert-OH is 2. The minimum absolute atomic E-state index is 0. The molecular formula is C32H32F16IrN2O4S2. The average Bonchev–Trinajstić information content (AvgIpc) is 3.65. The number of ketones is 2. The van der Waals surface area contributed by atoms with Crippen molar-refractivity contribution >= 4 is 45.4 Å². The molecule has 0 atom stereocenters. The molecule has 0 spiro atoms. The van der Waals surface area contributed by atoms with Gasteiger partial charge in [-0.05, 0) is 39.6 Å². The maximum absolute atomic E-state index is 13.5. The molecule has 2 aliphatic carbocycles. The fourth-order valence-corrected chi connectivity index (χ4v) is 5.34. The molecule has 2 heterocycles. The molecule has 3 N–H and O–H groups in total. The molecule has 0 bridgehead atoms. The second-order valence-corrected chi connectivity index (χ2v) is 13.5. The van der Waals surface area contributed by atoms with Crippen molar-refractivity contribution in [3.05, 3.63) is 68.0 Å². The van der Waals surface area contributed by atoms with Gasteiger partial charge in [-0.25, -0.2) is 25.1 Å². The van der Waals surface area contributed by atoms with Crippen molar-refractivity contribution in [3.8, 4) is 0 Å². The van der Waals surface area contributed by atoms with Gasteiger partial charge in [0.2, 0.25) is 0 Å². The minimum Gasteiger partial charge on any atom is -0.512 e. The van der Waals surface area contributed by atoms with Crippen LogP contribution in [0.25, 0.3) is 11.1 Å². The van der Waals surface area contributed by atoms with E-state index in [9.17, 15) is 75.0 Å². The molecule has 57 heavy (non-hydrogen) atoms. The number of aryl methyl sites for hydroxylation is 2. The summed E-state index contributed by atoms with van der Waals surface area (Å²) >= 11 is 0.823. The van der Waals surface area contributed by atoms with Gasteiger partial charge in [-0.2, -0.15) is 67.5 Å². The van der Waals surface area contributed by atoms with E-state index in [1.54, 1.807) is 0 Å². The number of hydrogen-bond acceptors (Lipinski definition) is 7. The third-order valence-electron chi connectivity index (χ3n) is 6.17. The summed E-state index contributed by atoms with van der Waals surface area (Å²) in [7, 11) is 0. The van der Waals surface area contributed by atoms with E-state index in [0.29, 0.717) is 28.7 Å². The van der Waals surface area contributed by atoms with Crippen LogP contribution in [0, 0.1) is 19.9 Å². The Bertz CT molecular complexity index is 1700. The van der Waals surface area contributed by atoms with Gasteiger partial charge < -0.3 is 15.2 Å². The van der Waals surface area contributed by atoms with Gasteiger partial charge in [-0.3, -0.25) is 9.59 Å². The van der Waals surface area contributed by atoms with Crippen LogP contribution in [0.5, 0.6) is 0 Å². The van der Waals surface area contributed by atoms with Crippen LogP contribution in [0.3, 0.4) is 0 Å². The van der Waals surface area contributed by atoms with Crippen LogP contribution in [0.4, 0.5) is 70.2 Å². The molecule has 1 radical (unpaired) electrons. The van der Waals surface area contributed by atoms with Gasteiger partial charge in [0.25, 0.3) is 5.92 Å². The van der Waals surface area contributed by atoms with Crippen LogP contribution in [-0.4, -0.2) is 83.9 Å². The maximum Gasteiger partial charge on any atom is 0.383 e. The van der Waals surface area contributed by atoms with Gasteiger partial charge >= 0.3 is 47.2 Å². The molecule has 327 valence electrons. The standard InChI is InChI=1S/C10H5F8NS.C10H4F8NS.2C5H8O2.C2H6.Ir/c2*1-4-3-19-6(20-4)5-2-7(11,12)9(15,16)10(17,18)8(5,13)14;2*1-4(6)3-5(2)7;1-2;/h2-3H,1H3;3H,1H3;2*3,6H,1-2H3;1-2H3;/q;-1;;;;/p+1/b;;4-3-;;;.